The van der Waals surface area contributed by atoms with Crippen molar-refractivity contribution in [1.82, 2.24) is 5.16 Å². The van der Waals surface area contributed by atoms with Gasteiger partial charge in [-0.1, -0.05) is 5.16 Å². The number of benzene rings is 1. The van der Waals surface area contributed by atoms with Gasteiger partial charge in [0, 0.05) is 53.6 Å². The molecule has 4 atom stereocenters. The van der Waals surface area contributed by atoms with Crippen LogP contribution >= 0.6 is 0 Å². The van der Waals surface area contributed by atoms with Crippen LogP contribution in [0.4, 0.5) is 16.2 Å². The van der Waals surface area contributed by atoms with Crippen molar-refractivity contribution in [3.8, 4) is 0 Å². The molecular weight excluding hydrogens is 378 g/mol. The largest absolute Gasteiger partial charge is 0.443 e. The number of anilines is 2. The van der Waals surface area contributed by atoms with E-state index in [-0.39, 0.29) is 18.2 Å². The summed E-state index contributed by atoms with van der Waals surface area (Å²) in [6.07, 6.45) is 2.41. The highest BCUT2D eigenvalue weighted by Crippen LogP contribution is 2.42. The van der Waals surface area contributed by atoms with Crippen LogP contribution in [0.1, 0.15) is 11.3 Å². The monoisotopic (exact) mass is 399 g/mol. The molecular formula is C20H21N3O4S. The van der Waals surface area contributed by atoms with Crippen molar-refractivity contribution in [3.63, 3.8) is 0 Å². The number of nitrogens with zero attached hydrogens (tertiary/aromatic N) is 3. The number of cyclic esters (lactones) is 1. The highest BCUT2D eigenvalue weighted by atomic mass is 32.2. The van der Waals surface area contributed by atoms with Crippen LogP contribution in [0.5, 0.6) is 0 Å². The Labute approximate surface area is 165 Å². The summed E-state index contributed by atoms with van der Waals surface area (Å²) < 4.78 is 22.3. The number of fused-ring (bicyclic) bond motifs is 4. The standard InChI is InChI=1S/C20H21N3O4S/c24-20-23-17-2-1-16(22-8-13-10-28(25)11-14(13)9-22)5-12(17)6-18(23)19(27-20)7-15-3-4-26-21-15/h1-5,13-14,18-19H,6-11H2/t13?,14?,18-,19-,28?/m0/s1. The predicted octanol–water partition coefficient (Wildman–Crippen LogP) is 1.98. The molecule has 4 aliphatic heterocycles. The van der Waals surface area contributed by atoms with Crippen molar-refractivity contribution in [2.75, 3.05) is 34.4 Å². The maximum Gasteiger partial charge on any atom is 0.415 e. The van der Waals surface area contributed by atoms with Gasteiger partial charge in [0.25, 0.3) is 0 Å². The summed E-state index contributed by atoms with van der Waals surface area (Å²) in [5.74, 6) is 2.80. The third kappa shape index (κ3) is 2.50. The second-order valence-corrected chi connectivity index (χ2v) is 9.82. The van der Waals surface area contributed by atoms with Crippen LogP contribution in [0.3, 0.4) is 0 Å². The number of hydrogen-bond donors (Lipinski definition) is 0. The average Bonchev–Trinajstić information content (AvgIpc) is 3.44. The van der Waals surface area contributed by atoms with Crippen molar-refractivity contribution in [3.05, 3.63) is 41.8 Å². The lowest BCUT2D eigenvalue weighted by Gasteiger charge is -2.21. The first kappa shape index (κ1) is 16.6. The lowest BCUT2D eigenvalue weighted by atomic mass is 10.0. The Hall–Kier alpha value is -2.35. The highest BCUT2D eigenvalue weighted by Gasteiger charge is 2.48. The zero-order chi connectivity index (χ0) is 18.8. The molecule has 0 spiro atoms. The van der Waals surface area contributed by atoms with E-state index in [2.05, 4.69) is 28.3 Å². The fraction of sp³-hybridized carbons (Fsp3) is 0.500. The van der Waals surface area contributed by atoms with Gasteiger partial charge >= 0.3 is 6.09 Å². The quantitative estimate of drug-likeness (QED) is 0.786. The van der Waals surface area contributed by atoms with Gasteiger partial charge in [0.1, 0.15) is 12.4 Å². The van der Waals surface area contributed by atoms with Gasteiger partial charge in [-0.05, 0) is 42.0 Å². The lowest BCUT2D eigenvalue weighted by molar-refractivity contribution is 0.130. The molecule has 1 aromatic carbocycles. The van der Waals surface area contributed by atoms with E-state index in [1.54, 1.807) is 11.2 Å². The minimum absolute atomic E-state index is 0.00910. The topological polar surface area (TPSA) is 75.9 Å². The molecule has 3 saturated heterocycles. The van der Waals surface area contributed by atoms with Crippen LogP contribution in [-0.4, -0.2) is 52.2 Å². The van der Waals surface area contributed by atoms with E-state index in [1.807, 2.05) is 6.07 Å². The first-order valence-corrected chi connectivity index (χ1v) is 11.3. The Balaban J connectivity index is 1.23. The van der Waals surface area contributed by atoms with Crippen LogP contribution < -0.4 is 9.80 Å². The van der Waals surface area contributed by atoms with Crippen molar-refractivity contribution >= 4 is 28.3 Å². The van der Waals surface area contributed by atoms with Gasteiger partial charge in [-0.2, -0.15) is 0 Å². The summed E-state index contributed by atoms with van der Waals surface area (Å²) >= 11 is 0. The lowest BCUT2D eigenvalue weighted by Crippen LogP contribution is -2.34. The Morgan fingerprint density at radius 3 is 2.75 bits per heavy atom. The summed E-state index contributed by atoms with van der Waals surface area (Å²) in [6.45, 7) is 1.97. The van der Waals surface area contributed by atoms with E-state index >= 15 is 0 Å². The molecule has 146 valence electrons. The van der Waals surface area contributed by atoms with Crippen LogP contribution in [-0.2, 0) is 28.4 Å². The number of carbonyl (C=O) groups excluding carboxylic acids is 1. The third-order valence-electron chi connectivity index (χ3n) is 6.60. The second-order valence-electron chi connectivity index (χ2n) is 8.27. The number of hydrogen-bond acceptors (Lipinski definition) is 6. The zero-order valence-electron chi connectivity index (χ0n) is 15.3. The Morgan fingerprint density at radius 1 is 1.18 bits per heavy atom. The van der Waals surface area contributed by atoms with Gasteiger partial charge in [0.2, 0.25) is 0 Å². The Morgan fingerprint density at radius 2 is 2.00 bits per heavy atom. The summed E-state index contributed by atoms with van der Waals surface area (Å²) in [5.41, 5.74) is 4.17. The van der Waals surface area contributed by atoms with Gasteiger partial charge in [-0.3, -0.25) is 9.11 Å². The number of rotatable bonds is 3. The minimum atomic E-state index is -0.624. The molecule has 0 radical (unpaired) electrons. The molecule has 8 heteroatoms. The highest BCUT2D eigenvalue weighted by molar-refractivity contribution is 7.85. The number of carbonyl (C=O) groups is 1. The molecule has 0 saturated carbocycles. The molecule has 2 unspecified atom stereocenters. The van der Waals surface area contributed by atoms with E-state index in [1.165, 1.54) is 11.3 Å². The predicted molar refractivity (Wildman–Crippen MR) is 104 cm³/mol. The smallest absolute Gasteiger partial charge is 0.415 e. The van der Waals surface area contributed by atoms with Crippen molar-refractivity contribution in [2.24, 2.45) is 11.8 Å². The summed E-state index contributed by atoms with van der Waals surface area (Å²) in [4.78, 5) is 16.7. The molecule has 0 bridgehead atoms. The molecule has 2 aromatic rings. The van der Waals surface area contributed by atoms with Gasteiger partial charge < -0.3 is 14.2 Å². The van der Waals surface area contributed by atoms with Crippen molar-refractivity contribution < 1.29 is 18.3 Å². The molecule has 1 aromatic heterocycles. The molecule has 3 fully saturated rings. The minimum Gasteiger partial charge on any atom is -0.443 e. The van der Waals surface area contributed by atoms with Gasteiger partial charge in [-0.25, -0.2) is 4.79 Å². The van der Waals surface area contributed by atoms with E-state index in [4.69, 9.17) is 9.26 Å². The molecule has 1 amide bonds. The third-order valence-corrected chi connectivity index (χ3v) is 8.20. The molecule has 6 rings (SSSR count). The fourth-order valence-electron chi connectivity index (χ4n) is 5.26. The van der Waals surface area contributed by atoms with Gasteiger partial charge in [0.15, 0.2) is 0 Å². The average molecular weight is 399 g/mol. The zero-order valence-corrected chi connectivity index (χ0v) is 16.1. The molecule has 7 nitrogen and oxygen atoms in total. The fourth-order valence-corrected chi connectivity index (χ4v) is 7.10. The normalized spacial score (nSPS) is 33.1. The van der Waals surface area contributed by atoms with Gasteiger partial charge in [-0.15, -0.1) is 0 Å². The Bertz CT molecular complexity index is 946. The van der Waals surface area contributed by atoms with Crippen LogP contribution in [0.25, 0.3) is 0 Å². The summed E-state index contributed by atoms with van der Waals surface area (Å²) in [5, 5.41) is 3.95. The molecule has 0 aliphatic carbocycles. The first-order chi connectivity index (χ1) is 13.7. The maximum absolute atomic E-state index is 12.5. The molecule has 0 N–H and O–H groups in total. The van der Waals surface area contributed by atoms with Crippen LogP contribution in [0, 0.1) is 11.8 Å². The second kappa shape index (κ2) is 6.07. The summed E-state index contributed by atoms with van der Waals surface area (Å²) in [6, 6.07) is 8.21. The Kier molecular flexibility index (Phi) is 3.60. The van der Waals surface area contributed by atoms with Crippen LogP contribution in [0.2, 0.25) is 0 Å². The molecule has 5 heterocycles. The van der Waals surface area contributed by atoms with Gasteiger partial charge in [0.05, 0.1) is 17.4 Å². The van der Waals surface area contributed by atoms with E-state index in [0.29, 0.717) is 18.3 Å². The van der Waals surface area contributed by atoms with E-state index in [0.717, 1.165) is 42.4 Å². The first-order valence-electron chi connectivity index (χ1n) is 9.77. The maximum atomic E-state index is 12.5. The van der Waals surface area contributed by atoms with Crippen LogP contribution in [0.15, 0.2) is 35.1 Å². The number of ether oxygens (including phenoxy) is 1. The van der Waals surface area contributed by atoms with E-state index in [9.17, 15) is 9.00 Å². The van der Waals surface area contributed by atoms with Crippen molar-refractivity contribution in [1.29, 1.82) is 0 Å². The number of aromatic nitrogens is 1. The molecule has 28 heavy (non-hydrogen) atoms. The molecule has 4 aliphatic rings. The summed E-state index contributed by atoms with van der Waals surface area (Å²) in [7, 11) is -0.624. The van der Waals surface area contributed by atoms with Crippen molar-refractivity contribution in [2.45, 2.75) is 25.0 Å². The SMILES string of the molecule is O=C1O[C@@H](Cc2ccon2)[C@@H]2Cc3cc(N4CC5CS(=O)CC5C4)ccc3N12. The number of amides is 1. The van der Waals surface area contributed by atoms with E-state index < -0.39 is 10.8 Å².